The SMILES string of the molecule is O=C(O)c1cncc(NCCOc2ccccc2)n1. The first-order valence-electron chi connectivity index (χ1n) is 5.73. The van der Waals surface area contributed by atoms with Crippen LogP contribution in [0, 0.1) is 0 Å². The van der Waals surface area contributed by atoms with Crippen molar-refractivity contribution in [2.45, 2.75) is 0 Å². The summed E-state index contributed by atoms with van der Waals surface area (Å²) in [5, 5.41) is 11.7. The Bertz CT molecular complexity index is 546. The molecule has 1 heterocycles. The van der Waals surface area contributed by atoms with Crippen LogP contribution in [0.4, 0.5) is 5.82 Å². The van der Waals surface area contributed by atoms with Crippen LogP contribution in [0.1, 0.15) is 10.5 Å². The Morgan fingerprint density at radius 1 is 1.26 bits per heavy atom. The second kappa shape index (κ2) is 6.34. The maximum Gasteiger partial charge on any atom is 0.356 e. The first-order valence-corrected chi connectivity index (χ1v) is 5.73. The summed E-state index contributed by atoms with van der Waals surface area (Å²) >= 11 is 0. The van der Waals surface area contributed by atoms with Gasteiger partial charge < -0.3 is 15.2 Å². The number of para-hydroxylation sites is 1. The van der Waals surface area contributed by atoms with E-state index in [-0.39, 0.29) is 5.69 Å². The van der Waals surface area contributed by atoms with Gasteiger partial charge in [-0.1, -0.05) is 18.2 Å². The van der Waals surface area contributed by atoms with Crippen LogP contribution in [0.25, 0.3) is 0 Å². The van der Waals surface area contributed by atoms with Gasteiger partial charge in [-0.05, 0) is 12.1 Å². The lowest BCUT2D eigenvalue weighted by Gasteiger charge is -2.07. The van der Waals surface area contributed by atoms with Crippen LogP contribution in [0.2, 0.25) is 0 Å². The molecule has 0 fully saturated rings. The molecule has 0 saturated carbocycles. The van der Waals surface area contributed by atoms with Gasteiger partial charge in [0.05, 0.1) is 18.9 Å². The number of anilines is 1. The molecular formula is C13H13N3O3. The average molecular weight is 259 g/mol. The second-order valence-corrected chi connectivity index (χ2v) is 3.68. The highest BCUT2D eigenvalue weighted by Crippen LogP contribution is 2.08. The molecule has 0 atom stereocenters. The van der Waals surface area contributed by atoms with E-state index in [1.54, 1.807) is 0 Å². The largest absolute Gasteiger partial charge is 0.492 e. The van der Waals surface area contributed by atoms with Crippen molar-refractivity contribution in [1.29, 1.82) is 0 Å². The fourth-order valence-electron chi connectivity index (χ4n) is 1.42. The Labute approximate surface area is 110 Å². The highest BCUT2D eigenvalue weighted by molar-refractivity contribution is 5.85. The molecule has 2 aromatic rings. The first kappa shape index (κ1) is 12.8. The Kier molecular flexibility index (Phi) is 4.28. The van der Waals surface area contributed by atoms with Crippen molar-refractivity contribution in [2.24, 2.45) is 0 Å². The zero-order valence-corrected chi connectivity index (χ0v) is 10.1. The third kappa shape index (κ3) is 3.95. The number of nitrogens with zero attached hydrogens (tertiary/aromatic N) is 2. The highest BCUT2D eigenvalue weighted by Gasteiger charge is 2.05. The minimum Gasteiger partial charge on any atom is -0.492 e. The quantitative estimate of drug-likeness (QED) is 0.767. The van der Waals surface area contributed by atoms with Crippen LogP contribution >= 0.6 is 0 Å². The van der Waals surface area contributed by atoms with E-state index in [1.807, 2.05) is 30.3 Å². The van der Waals surface area contributed by atoms with Gasteiger partial charge in [0.25, 0.3) is 0 Å². The van der Waals surface area contributed by atoms with Crippen molar-refractivity contribution >= 4 is 11.8 Å². The molecule has 1 aromatic heterocycles. The monoisotopic (exact) mass is 259 g/mol. The van der Waals surface area contributed by atoms with Crippen LogP contribution < -0.4 is 10.1 Å². The predicted octanol–water partition coefficient (Wildman–Crippen LogP) is 1.67. The molecule has 0 aliphatic rings. The number of hydrogen-bond acceptors (Lipinski definition) is 5. The molecule has 0 saturated heterocycles. The maximum absolute atomic E-state index is 10.7. The third-order valence-electron chi connectivity index (χ3n) is 2.27. The summed E-state index contributed by atoms with van der Waals surface area (Å²) in [6.45, 7) is 0.954. The smallest absolute Gasteiger partial charge is 0.356 e. The van der Waals surface area contributed by atoms with Gasteiger partial charge in [-0.25, -0.2) is 9.78 Å². The first-order chi connectivity index (χ1) is 9.25. The summed E-state index contributed by atoms with van der Waals surface area (Å²) in [7, 11) is 0. The van der Waals surface area contributed by atoms with E-state index in [9.17, 15) is 4.79 Å². The Hall–Kier alpha value is -2.63. The van der Waals surface area contributed by atoms with Gasteiger partial charge in [-0.2, -0.15) is 0 Å². The number of rotatable bonds is 6. The fourth-order valence-corrected chi connectivity index (χ4v) is 1.42. The number of benzene rings is 1. The summed E-state index contributed by atoms with van der Waals surface area (Å²) in [6.07, 6.45) is 2.67. The van der Waals surface area contributed by atoms with Crippen molar-refractivity contribution in [3.63, 3.8) is 0 Å². The standard InChI is InChI=1S/C13H13N3O3/c17-13(18)11-8-14-9-12(16-11)15-6-7-19-10-4-2-1-3-5-10/h1-5,8-9H,6-7H2,(H,15,16)(H,17,18). The maximum atomic E-state index is 10.7. The zero-order valence-electron chi connectivity index (χ0n) is 10.1. The van der Waals surface area contributed by atoms with E-state index in [0.29, 0.717) is 19.0 Å². The minimum absolute atomic E-state index is 0.0889. The topological polar surface area (TPSA) is 84.3 Å². The molecule has 1 aromatic carbocycles. The Morgan fingerprint density at radius 3 is 2.79 bits per heavy atom. The average Bonchev–Trinajstić information content (AvgIpc) is 2.45. The van der Waals surface area contributed by atoms with Gasteiger partial charge in [-0.3, -0.25) is 4.98 Å². The van der Waals surface area contributed by atoms with E-state index in [2.05, 4.69) is 15.3 Å². The number of ether oxygens (including phenoxy) is 1. The van der Waals surface area contributed by atoms with Gasteiger partial charge in [0.15, 0.2) is 5.69 Å². The van der Waals surface area contributed by atoms with E-state index in [1.165, 1.54) is 12.4 Å². The van der Waals surface area contributed by atoms with Crippen LogP contribution in [0.5, 0.6) is 5.75 Å². The van der Waals surface area contributed by atoms with Gasteiger partial charge in [0, 0.05) is 0 Å². The molecule has 0 amide bonds. The molecule has 0 spiro atoms. The molecule has 2 rings (SSSR count). The zero-order chi connectivity index (χ0) is 13.5. The van der Waals surface area contributed by atoms with Crippen LogP contribution in [0.15, 0.2) is 42.7 Å². The van der Waals surface area contributed by atoms with Gasteiger partial charge >= 0.3 is 5.97 Å². The summed E-state index contributed by atoms with van der Waals surface area (Å²) < 4.78 is 5.48. The summed E-state index contributed by atoms with van der Waals surface area (Å²) in [5.74, 6) is 0.0999. The lowest BCUT2D eigenvalue weighted by Crippen LogP contribution is -2.13. The number of nitrogens with one attached hydrogen (secondary N) is 1. The molecule has 2 N–H and O–H groups in total. The van der Waals surface area contributed by atoms with Crippen LogP contribution in [0.3, 0.4) is 0 Å². The molecule has 0 aliphatic carbocycles. The lowest BCUT2D eigenvalue weighted by atomic mass is 10.3. The molecule has 98 valence electrons. The van der Waals surface area contributed by atoms with Crippen molar-refractivity contribution in [2.75, 3.05) is 18.5 Å². The molecule has 19 heavy (non-hydrogen) atoms. The van der Waals surface area contributed by atoms with Gasteiger partial charge in [0.2, 0.25) is 0 Å². The van der Waals surface area contributed by atoms with Crippen molar-refractivity contribution < 1.29 is 14.6 Å². The fraction of sp³-hybridized carbons (Fsp3) is 0.154. The van der Waals surface area contributed by atoms with Crippen LogP contribution in [-0.4, -0.2) is 34.2 Å². The van der Waals surface area contributed by atoms with E-state index in [4.69, 9.17) is 9.84 Å². The second-order valence-electron chi connectivity index (χ2n) is 3.68. The molecular weight excluding hydrogens is 246 g/mol. The van der Waals surface area contributed by atoms with Gasteiger partial charge in [0.1, 0.15) is 18.2 Å². The number of carboxylic acids is 1. The molecule has 0 bridgehead atoms. The minimum atomic E-state index is -1.10. The summed E-state index contributed by atoms with van der Waals surface area (Å²) in [5.41, 5.74) is -0.0889. The Balaban J connectivity index is 1.80. The Morgan fingerprint density at radius 2 is 2.05 bits per heavy atom. The number of aromatic carboxylic acids is 1. The number of aromatic nitrogens is 2. The highest BCUT2D eigenvalue weighted by atomic mass is 16.5. The number of carbonyl (C=O) groups is 1. The molecule has 6 heteroatoms. The summed E-state index contributed by atoms with van der Waals surface area (Å²) in [6, 6.07) is 9.43. The normalized spacial score (nSPS) is 9.89. The molecule has 0 aliphatic heterocycles. The van der Waals surface area contributed by atoms with Crippen molar-refractivity contribution in [3.05, 3.63) is 48.4 Å². The predicted molar refractivity (Wildman–Crippen MR) is 69.4 cm³/mol. The van der Waals surface area contributed by atoms with E-state index < -0.39 is 5.97 Å². The van der Waals surface area contributed by atoms with Gasteiger partial charge in [-0.15, -0.1) is 0 Å². The number of carboxylic acid groups (broad SMARTS) is 1. The molecule has 6 nitrogen and oxygen atoms in total. The van der Waals surface area contributed by atoms with E-state index >= 15 is 0 Å². The molecule has 0 radical (unpaired) electrons. The van der Waals surface area contributed by atoms with Crippen molar-refractivity contribution in [3.8, 4) is 5.75 Å². The molecule has 0 unspecified atom stereocenters. The lowest BCUT2D eigenvalue weighted by molar-refractivity contribution is 0.0690. The third-order valence-corrected chi connectivity index (χ3v) is 2.27. The summed E-state index contributed by atoms with van der Waals surface area (Å²) in [4.78, 5) is 18.4. The number of hydrogen-bond donors (Lipinski definition) is 2. The van der Waals surface area contributed by atoms with Crippen molar-refractivity contribution in [1.82, 2.24) is 9.97 Å². The van der Waals surface area contributed by atoms with E-state index in [0.717, 1.165) is 5.75 Å². The van der Waals surface area contributed by atoms with Crippen LogP contribution in [-0.2, 0) is 0 Å².